The summed E-state index contributed by atoms with van der Waals surface area (Å²) in [5.41, 5.74) is 1.67. The maximum absolute atomic E-state index is 12.6. The molecule has 0 saturated heterocycles. The first-order valence-corrected chi connectivity index (χ1v) is 10.5. The quantitative estimate of drug-likeness (QED) is 0.373. The largest absolute Gasteiger partial charge is 0.386 e. The highest BCUT2D eigenvalue weighted by Gasteiger charge is 2.44. The molecule has 0 saturated carbocycles. The molecule has 3 aliphatic rings. The molecule has 2 aliphatic heterocycles. The fourth-order valence-electron chi connectivity index (χ4n) is 4.61. The number of unbranched alkanes of at least 4 members (excludes halogenated alkanes) is 3. The molecule has 0 aromatic carbocycles. The van der Waals surface area contributed by atoms with Gasteiger partial charge in [-0.15, -0.1) is 0 Å². The van der Waals surface area contributed by atoms with Gasteiger partial charge in [0.25, 0.3) is 0 Å². The van der Waals surface area contributed by atoms with Crippen molar-refractivity contribution in [3.8, 4) is 0 Å². The van der Waals surface area contributed by atoms with Gasteiger partial charge < -0.3 is 9.47 Å². The first-order valence-electron chi connectivity index (χ1n) is 10.5. The molecular weight excluding hydrogens is 360 g/mol. The molecule has 0 spiro atoms. The van der Waals surface area contributed by atoms with Crippen molar-refractivity contribution >= 4 is 23.9 Å². The minimum Gasteiger partial charge on any atom is -0.386 e. The summed E-state index contributed by atoms with van der Waals surface area (Å²) in [5.74, 6) is -2.46. The Hall–Kier alpha value is -2.24. The second kappa shape index (κ2) is 8.84. The molecule has 0 amide bonds. The molecule has 0 fully saturated rings. The Bertz CT molecular complexity index is 757. The van der Waals surface area contributed by atoms with Crippen molar-refractivity contribution in [2.75, 3.05) is 0 Å². The van der Waals surface area contributed by atoms with E-state index >= 15 is 0 Å². The molecule has 0 aromatic rings. The van der Waals surface area contributed by atoms with Crippen LogP contribution in [0, 0.1) is 11.8 Å². The van der Waals surface area contributed by atoms with Crippen molar-refractivity contribution in [3.05, 3.63) is 22.3 Å². The van der Waals surface area contributed by atoms with Gasteiger partial charge in [0, 0.05) is 16.7 Å². The molecule has 0 unspecified atom stereocenters. The Morgan fingerprint density at radius 3 is 2.04 bits per heavy atom. The van der Waals surface area contributed by atoms with Gasteiger partial charge >= 0.3 is 23.9 Å². The Labute approximate surface area is 165 Å². The maximum atomic E-state index is 12.6. The maximum Gasteiger partial charge on any atom is 0.342 e. The van der Waals surface area contributed by atoms with Gasteiger partial charge in [-0.1, -0.05) is 46.0 Å². The van der Waals surface area contributed by atoms with E-state index in [1.54, 1.807) is 0 Å². The van der Waals surface area contributed by atoms with Crippen LogP contribution in [0.5, 0.6) is 0 Å². The second-order valence-electron chi connectivity index (χ2n) is 7.91. The minimum atomic E-state index is -0.612. The van der Waals surface area contributed by atoms with Gasteiger partial charge in [-0.3, -0.25) is 0 Å². The summed E-state index contributed by atoms with van der Waals surface area (Å²) < 4.78 is 9.81. The molecule has 3 rings (SSSR count). The number of hydrogen-bond donors (Lipinski definition) is 0. The van der Waals surface area contributed by atoms with Gasteiger partial charge in [-0.25, -0.2) is 19.2 Å². The molecule has 28 heavy (non-hydrogen) atoms. The lowest BCUT2D eigenvalue weighted by molar-refractivity contribution is -0.153. The van der Waals surface area contributed by atoms with Crippen LogP contribution in [0.2, 0.25) is 0 Å². The van der Waals surface area contributed by atoms with Crippen LogP contribution in [-0.2, 0) is 28.7 Å². The summed E-state index contributed by atoms with van der Waals surface area (Å²) in [4.78, 5) is 49.3. The van der Waals surface area contributed by atoms with Gasteiger partial charge in [-0.2, -0.15) is 0 Å². The van der Waals surface area contributed by atoms with Crippen molar-refractivity contribution in [3.63, 3.8) is 0 Å². The van der Waals surface area contributed by atoms with Crippen LogP contribution in [0.4, 0.5) is 0 Å². The number of carbonyl (C=O) groups excluding carboxylic acids is 4. The van der Waals surface area contributed by atoms with Crippen molar-refractivity contribution in [1.29, 1.82) is 0 Å². The van der Waals surface area contributed by atoms with Crippen LogP contribution >= 0.6 is 0 Å². The van der Waals surface area contributed by atoms with E-state index in [2.05, 4.69) is 13.8 Å². The summed E-state index contributed by atoms with van der Waals surface area (Å²) in [7, 11) is 0. The lowest BCUT2D eigenvalue weighted by Gasteiger charge is -2.27. The molecule has 0 radical (unpaired) electrons. The van der Waals surface area contributed by atoms with Gasteiger partial charge in [0.2, 0.25) is 0 Å². The molecule has 0 aromatic heterocycles. The normalized spacial score (nSPS) is 25.2. The molecule has 152 valence electrons. The average Bonchev–Trinajstić information content (AvgIpc) is 3.10. The topological polar surface area (TPSA) is 86.7 Å². The third-order valence-electron chi connectivity index (χ3n) is 6.10. The molecule has 0 N–H and O–H groups in total. The number of rotatable bonds is 7. The molecule has 6 heteroatoms. The predicted octanol–water partition coefficient (Wildman–Crippen LogP) is 3.93. The van der Waals surface area contributed by atoms with Crippen LogP contribution in [0.3, 0.4) is 0 Å². The first-order chi connectivity index (χ1) is 13.5. The molecule has 2 atom stereocenters. The lowest BCUT2D eigenvalue weighted by atomic mass is 9.75. The third kappa shape index (κ3) is 3.96. The third-order valence-corrected chi connectivity index (χ3v) is 6.10. The van der Waals surface area contributed by atoms with Gasteiger partial charge in [0.1, 0.15) is 0 Å². The van der Waals surface area contributed by atoms with E-state index in [1.165, 1.54) is 0 Å². The van der Waals surface area contributed by atoms with E-state index in [1.807, 2.05) is 0 Å². The van der Waals surface area contributed by atoms with E-state index in [4.69, 9.17) is 9.47 Å². The van der Waals surface area contributed by atoms with E-state index in [0.717, 1.165) is 44.9 Å². The zero-order valence-electron chi connectivity index (χ0n) is 16.7. The molecule has 6 nitrogen and oxygen atoms in total. The molecule has 1 aliphatic carbocycles. The number of cyclic esters (lactones) is 4. The lowest BCUT2D eigenvalue weighted by Crippen LogP contribution is -2.23. The second-order valence-corrected chi connectivity index (χ2v) is 7.91. The van der Waals surface area contributed by atoms with E-state index in [9.17, 15) is 19.2 Å². The average molecular weight is 388 g/mol. The Morgan fingerprint density at radius 2 is 1.32 bits per heavy atom. The van der Waals surface area contributed by atoms with Gasteiger partial charge in [0.15, 0.2) is 0 Å². The highest BCUT2D eigenvalue weighted by atomic mass is 16.6. The van der Waals surface area contributed by atoms with E-state index in [0.29, 0.717) is 28.7 Å². The number of esters is 4. The number of hydrogen-bond acceptors (Lipinski definition) is 6. The van der Waals surface area contributed by atoms with Crippen LogP contribution in [0.15, 0.2) is 22.3 Å². The Balaban J connectivity index is 2.04. The van der Waals surface area contributed by atoms with Gasteiger partial charge in [-0.05, 0) is 43.9 Å². The van der Waals surface area contributed by atoms with E-state index < -0.39 is 23.9 Å². The zero-order chi connectivity index (χ0) is 20.3. The van der Waals surface area contributed by atoms with Crippen molar-refractivity contribution in [2.24, 2.45) is 11.8 Å². The highest BCUT2D eigenvalue weighted by Crippen LogP contribution is 2.43. The summed E-state index contributed by atoms with van der Waals surface area (Å²) in [6, 6.07) is 0. The van der Waals surface area contributed by atoms with Crippen LogP contribution in [-0.4, -0.2) is 23.9 Å². The van der Waals surface area contributed by atoms with Crippen LogP contribution in [0.25, 0.3) is 0 Å². The molecular formula is C22H28O6. The smallest absolute Gasteiger partial charge is 0.342 e. The van der Waals surface area contributed by atoms with Crippen LogP contribution < -0.4 is 0 Å². The van der Waals surface area contributed by atoms with Gasteiger partial charge in [0.05, 0.1) is 5.57 Å². The SMILES string of the molecule is CCCCC[C@@H]1C2=C(CCC3=C(C[C@H]1CCCC)C(=O)OC3=O)C(=O)OC2=O. The van der Waals surface area contributed by atoms with Crippen molar-refractivity contribution in [2.45, 2.75) is 78.1 Å². The zero-order valence-corrected chi connectivity index (χ0v) is 16.7. The predicted molar refractivity (Wildman–Crippen MR) is 101 cm³/mol. The monoisotopic (exact) mass is 388 g/mol. The number of carbonyl (C=O) groups is 4. The van der Waals surface area contributed by atoms with Crippen molar-refractivity contribution < 1.29 is 28.7 Å². The van der Waals surface area contributed by atoms with Crippen LogP contribution in [0.1, 0.15) is 78.1 Å². The number of ether oxygens (including phenoxy) is 2. The summed E-state index contributed by atoms with van der Waals surface area (Å²) >= 11 is 0. The standard InChI is InChI=1S/C22H28O6/c1-3-5-7-9-14-13(8-6-4-2)12-17-15(19(23)27-21(17)25)10-11-16-18(14)22(26)28-20(16)24/h13-14H,3-12H2,1-2H3/t13-,14+/m1/s1. The fourth-order valence-corrected chi connectivity index (χ4v) is 4.61. The molecule has 0 bridgehead atoms. The Kier molecular flexibility index (Phi) is 6.47. The minimum absolute atomic E-state index is 0.00167. The highest BCUT2D eigenvalue weighted by molar-refractivity contribution is 6.14. The first kappa shape index (κ1) is 20.5. The summed E-state index contributed by atoms with van der Waals surface area (Å²) in [5, 5.41) is 0. The molecule has 2 heterocycles. The Morgan fingerprint density at radius 1 is 0.714 bits per heavy atom. The fraction of sp³-hybridized carbons (Fsp3) is 0.636. The summed E-state index contributed by atoms with van der Waals surface area (Å²) in [6.07, 6.45) is 7.43. The summed E-state index contributed by atoms with van der Waals surface area (Å²) in [6.45, 7) is 4.21. The van der Waals surface area contributed by atoms with E-state index in [-0.39, 0.29) is 24.7 Å². The van der Waals surface area contributed by atoms with Crippen molar-refractivity contribution in [1.82, 2.24) is 0 Å².